The highest BCUT2D eigenvalue weighted by molar-refractivity contribution is 5.59. The number of ether oxygens (including phenoxy) is 1. The molecule has 1 fully saturated rings. The molecule has 5 heteroatoms. The lowest BCUT2D eigenvalue weighted by atomic mass is 10.2. The first-order valence-electron chi connectivity index (χ1n) is 8.21. The molecular weight excluding hydrogens is 288 g/mol. The van der Waals surface area contributed by atoms with Gasteiger partial charge in [0.2, 0.25) is 5.95 Å². The summed E-state index contributed by atoms with van der Waals surface area (Å²) < 4.78 is 5.75. The van der Waals surface area contributed by atoms with Gasteiger partial charge >= 0.3 is 0 Å². The third-order valence-corrected chi connectivity index (χ3v) is 4.04. The summed E-state index contributed by atoms with van der Waals surface area (Å²) in [5, 5.41) is 0. The number of rotatable bonds is 4. The summed E-state index contributed by atoms with van der Waals surface area (Å²) in [4.78, 5) is 13.8. The Labute approximate surface area is 137 Å². The highest BCUT2D eigenvalue weighted by Crippen LogP contribution is 2.29. The van der Waals surface area contributed by atoms with Crippen molar-refractivity contribution in [2.75, 3.05) is 42.6 Å². The van der Waals surface area contributed by atoms with Crippen molar-refractivity contribution in [1.82, 2.24) is 9.97 Å². The molecule has 5 nitrogen and oxygen atoms in total. The molecule has 1 aliphatic heterocycles. The number of para-hydroxylation sites is 2. The number of aromatic nitrogens is 2. The van der Waals surface area contributed by atoms with Gasteiger partial charge in [0.05, 0.1) is 12.3 Å². The van der Waals surface area contributed by atoms with Crippen molar-refractivity contribution in [3.8, 4) is 5.75 Å². The third kappa shape index (κ3) is 3.55. The number of hydrogen-bond donors (Lipinski definition) is 0. The highest BCUT2D eigenvalue weighted by atomic mass is 16.5. The molecule has 3 rings (SSSR count). The van der Waals surface area contributed by atoms with Crippen LogP contribution in [0.1, 0.15) is 18.3 Å². The van der Waals surface area contributed by atoms with Gasteiger partial charge in [-0.25, -0.2) is 9.97 Å². The van der Waals surface area contributed by atoms with Crippen molar-refractivity contribution in [1.29, 1.82) is 0 Å². The molecule has 1 aliphatic rings. The van der Waals surface area contributed by atoms with Gasteiger partial charge in [0.25, 0.3) is 0 Å². The summed E-state index contributed by atoms with van der Waals surface area (Å²) in [6.45, 7) is 10.5. The smallest absolute Gasteiger partial charge is 0.225 e. The van der Waals surface area contributed by atoms with Crippen molar-refractivity contribution in [3.05, 3.63) is 41.7 Å². The van der Waals surface area contributed by atoms with Crippen LogP contribution in [0.15, 0.2) is 30.3 Å². The van der Waals surface area contributed by atoms with E-state index < -0.39 is 0 Å². The van der Waals surface area contributed by atoms with E-state index in [1.165, 1.54) is 5.69 Å². The minimum Gasteiger partial charge on any atom is -0.492 e. The van der Waals surface area contributed by atoms with E-state index in [0.29, 0.717) is 6.61 Å². The van der Waals surface area contributed by atoms with Gasteiger partial charge in [-0.2, -0.15) is 0 Å². The largest absolute Gasteiger partial charge is 0.492 e. The predicted molar refractivity (Wildman–Crippen MR) is 93.5 cm³/mol. The molecule has 0 saturated carbocycles. The van der Waals surface area contributed by atoms with E-state index in [4.69, 9.17) is 4.74 Å². The summed E-state index contributed by atoms with van der Waals surface area (Å²) in [7, 11) is 0. The zero-order valence-corrected chi connectivity index (χ0v) is 14.1. The lowest BCUT2D eigenvalue weighted by molar-refractivity contribution is 0.340. The van der Waals surface area contributed by atoms with E-state index in [1.54, 1.807) is 0 Å². The second-order valence-electron chi connectivity index (χ2n) is 5.83. The number of hydrogen-bond acceptors (Lipinski definition) is 5. The number of nitrogens with zero attached hydrogens (tertiary/aromatic N) is 4. The molecule has 122 valence electrons. The molecule has 0 unspecified atom stereocenters. The molecule has 0 N–H and O–H groups in total. The summed E-state index contributed by atoms with van der Waals surface area (Å²) in [5.41, 5.74) is 3.23. The monoisotopic (exact) mass is 312 g/mol. The summed E-state index contributed by atoms with van der Waals surface area (Å²) in [5.74, 6) is 1.81. The van der Waals surface area contributed by atoms with Crippen LogP contribution >= 0.6 is 0 Å². The molecular formula is C18H24N4O. The van der Waals surface area contributed by atoms with Gasteiger partial charge < -0.3 is 14.5 Å². The fourth-order valence-electron chi connectivity index (χ4n) is 2.99. The Morgan fingerprint density at radius 1 is 0.957 bits per heavy atom. The summed E-state index contributed by atoms with van der Waals surface area (Å²) in [6.07, 6.45) is 0. The molecule has 1 saturated heterocycles. The van der Waals surface area contributed by atoms with Crippen LogP contribution in [0.2, 0.25) is 0 Å². The van der Waals surface area contributed by atoms with E-state index >= 15 is 0 Å². The molecule has 1 aromatic heterocycles. The van der Waals surface area contributed by atoms with E-state index in [9.17, 15) is 0 Å². The maximum atomic E-state index is 5.75. The van der Waals surface area contributed by atoms with Crippen molar-refractivity contribution in [3.63, 3.8) is 0 Å². The van der Waals surface area contributed by atoms with Gasteiger partial charge in [0, 0.05) is 37.6 Å². The first-order valence-corrected chi connectivity index (χ1v) is 8.21. The molecule has 0 spiro atoms. The van der Waals surface area contributed by atoms with Gasteiger partial charge in [-0.05, 0) is 39.0 Å². The van der Waals surface area contributed by atoms with Crippen molar-refractivity contribution in [2.24, 2.45) is 0 Å². The van der Waals surface area contributed by atoms with Crippen LogP contribution in [-0.2, 0) is 0 Å². The average Bonchev–Trinajstić information content (AvgIpc) is 2.55. The Balaban J connectivity index is 1.71. The fourth-order valence-corrected chi connectivity index (χ4v) is 2.99. The fraction of sp³-hybridized carbons (Fsp3) is 0.444. The zero-order chi connectivity index (χ0) is 16.2. The zero-order valence-electron chi connectivity index (χ0n) is 14.1. The Bertz CT molecular complexity index is 646. The Kier molecular flexibility index (Phi) is 4.65. The normalized spacial score (nSPS) is 14.9. The summed E-state index contributed by atoms with van der Waals surface area (Å²) >= 11 is 0. The van der Waals surface area contributed by atoms with Crippen LogP contribution in [0, 0.1) is 13.8 Å². The average molecular weight is 312 g/mol. The van der Waals surface area contributed by atoms with Gasteiger partial charge in [-0.1, -0.05) is 12.1 Å². The molecule has 23 heavy (non-hydrogen) atoms. The van der Waals surface area contributed by atoms with E-state index in [-0.39, 0.29) is 0 Å². The number of aryl methyl sites for hydroxylation is 2. The van der Waals surface area contributed by atoms with E-state index in [0.717, 1.165) is 49.3 Å². The van der Waals surface area contributed by atoms with Crippen molar-refractivity contribution in [2.45, 2.75) is 20.8 Å². The molecule has 0 aliphatic carbocycles. The number of piperazine rings is 1. The number of benzene rings is 1. The standard InChI is InChI=1S/C18H24N4O/c1-4-23-17-8-6-5-7-16(17)21-9-11-22(12-10-21)18-19-14(2)13-15(3)20-18/h5-8,13H,4,9-12H2,1-3H3. The third-order valence-electron chi connectivity index (χ3n) is 4.04. The Hall–Kier alpha value is -2.30. The highest BCUT2D eigenvalue weighted by Gasteiger charge is 2.21. The Morgan fingerprint density at radius 3 is 2.22 bits per heavy atom. The lowest BCUT2D eigenvalue weighted by Gasteiger charge is -2.36. The van der Waals surface area contributed by atoms with Crippen LogP contribution in [-0.4, -0.2) is 42.8 Å². The van der Waals surface area contributed by atoms with Crippen molar-refractivity contribution >= 4 is 11.6 Å². The first-order chi connectivity index (χ1) is 11.2. The number of anilines is 2. The topological polar surface area (TPSA) is 41.5 Å². The predicted octanol–water partition coefficient (Wildman–Crippen LogP) is 2.82. The molecule has 2 aromatic rings. The molecule has 2 heterocycles. The second-order valence-corrected chi connectivity index (χ2v) is 5.83. The first kappa shape index (κ1) is 15.6. The minimum atomic E-state index is 0.688. The van der Waals surface area contributed by atoms with Gasteiger partial charge in [-0.3, -0.25) is 0 Å². The maximum Gasteiger partial charge on any atom is 0.225 e. The van der Waals surface area contributed by atoms with Gasteiger partial charge in [0.15, 0.2) is 0 Å². The molecule has 0 amide bonds. The minimum absolute atomic E-state index is 0.688. The van der Waals surface area contributed by atoms with E-state index in [1.807, 2.05) is 39.0 Å². The van der Waals surface area contributed by atoms with Crippen LogP contribution in [0.4, 0.5) is 11.6 Å². The Morgan fingerprint density at radius 2 is 1.57 bits per heavy atom. The van der Waals surface area contributed by atoms with Gasteiger partial charge in [0.1, 0.15) is 5.75 Å². The van der Waals surface area contributed by atoms with Crippen molar-refractivity contribution < 1.29 is 4.74 Å². The molecule has 0 atom stereocenters. The van der Waals surface area contributed by atoms with Crippen LogP contribution in [0.3, 0.4) is 0 Å². The lowest BCUT2D eigenvalue weighted by Crippen LogP contribution is -2.47. The summed E-state index contributed by atoms with van der Waals surface area (Å²) in [6, 6.07) is 10.3. The van der Waals surface area contributed by atoms with Crippen LogP contribution in [0.5, 0.6) is 5.75 Å². The van der Waals surface area contributed by atoms with E-state index in [2.05, 4.69) is 31.9 Å². The van der Waals surface area contributed by atoms with Gasteiger partial charge in [-0.15, -0.1) is 0 Å². The molecule has 0 bridgehead atoms. The molecule has 0 radical (unpaired) electrons. The second kappa shape index (κ2) is 6.86. The van der Waals surface area contributed by atoms with Crippen LogP contribution in [0.25, 0.3) is 0 Å². The van der Waals surface area contributed by atoms with Crippen LogP contribution < -0.4 is 14.5 Å². The molecule has 1 aromatic carbocycles. The SMILES string of the molecule is CCOc1ccccc1N1CCN(c2nc(C)cc(C)n2)CC1. The maximum absolute atomic E-state index is 5.75. The quantitative estimate of drug-likeness (QED) is 0.868.